The standard InChI is InChI=1S/C14H8N4O2S/c15-8-11-13(12-2-1-7-21-12)18(17-16-11)10-5-3-9(4-6-10)14(19)20/h1-7H,(H,19,20). The van der Waals surface area contributed by atoms with Crippen molar-refractivity contribution in [1.29, 1.82) is 5.26 Å². The van der Waals surface area contributed by atoms with Crippen LogP contribution in [0.4, 0.5) is 0 Å². The van der Waals surface area contributed by atoms with Gasteiger partial charge in [-0.3, -0.25) is 0 Å². The third-order valence-electron chi connectivity index (χ3n) is 2.89. The van der Waals surface area contributed by atoms with Gasteiger partial charge in [-0.2, -0.15) is 5.26 Å². The third-order valence-corrected chi connectivity index (χ3v) is 3.77. The van der Waals surface area contributed by atoms with E-state index in [-0.39, 0.29) is 11.3 Å². The highest BCUT2D eigenvalue weighted by molar-refractivity contribution is 7.13. The summed E-state index contributed by atoms with van der Waals surface area (Å²) in [4.78, 5) is 11.8. The number of thiophene rings is 1. The fourth-order valence-corrected chi connectivity index (χ4v) is 2.67. The number of nitriles is 1. The van der Waals surface area contributed by atoms with Crippen LogP contribution in [0.15, 0.2) is 41.8 Å². The summed E-state index contributed by atoms with van der Waals surface area (Å²) in [6, 6.07) is 12.0. The molecule has 7 heteroatoms. The first kappa shape index (κ1) is 13.0. The number of hydrogen-bond acceptors (Lipinski definition) is 5. The highest BCUT2D eigenvalue weighted by Gasteiger charge is 2.17. The number of rotatable bonds is 3. The van der Waals surface area contributed by atoms with E-state index >= 15 is 0 Å². The van der Waals surface area contributed by atoms with Crippen molar-refractivity contribution in [2.45, 2.75) is 0 Å². The number of nitrogens with zero attached hydrogens (tertiary/aromatic N) is 4. The molecule has 0 bridgehead atoms. The van der Waals surface area contributed by atoms with Gasteiger partial charge >= 0.3 is 5.97 Å². The van der Waals surface area contributed by atoms with E-state index in [1.54, 1.807) is 12.1 Å². The monoisotopic (exact) mass is 296 g/mol. The number of carboxylic acid groups (broad SMARTS) is 1. The maximum absolute atomic E-state index is 10.9. The lowest BCUT2D eigenvalue weighted by Crippen LogP contribution is -2.01. The molecular weight excluding hydrogens is 288 g/mol. The molecule has 2 heterocycles. The summed E-state index contributed by atoms with van der Waals surface area (Å²) in [5.41, 5.74) is 1.68. The van der Waals surface area contributed by atoms with Crippen molar-refractivity contribution in [3.63, 3.8) is 0 Å². The van der Waals surface area contributed by atoms with E-state index < -0.39 is 5.97 Å². The summed E-state index contributed by atoms with van der Waals surface area (Å²) in [7, 11) is 0. The first-order valence-corrected chi connectivity index (χ1v) is 6.82. The zero-order valence-corrected chi connectivity index (χ0v) is 11.4. The average Bonchev–Trinajstić information content (AvgIpc) is 3.15. The lowest BCUT2D eigenvalue weighted by Gasteiger charge is -2.05. The molecule has 102 valence electrons. The van der Waals surface area contributed by atoms with E-state index in [2.05, 4.69) is 10.3 Å². The third kappa shape index (κ3) is 2.28. The molecule has 1 aromatic carbocycles. The van der Waals surface area contributed by atoms with Gasteiger partial charge in [-0.1, -0.05) is 11.3 Å². The van der Waals surface area contributed by atoms with Gasteiger partial charge in [0.1, 0.15) is 11.8 Å². The molecule has 0 aliphatic carbocycles. The van der Waals surface area contributed by atoms with Gasteiger partial charge < -0.3 is 5.11 Å². The first-order valence-electron chi connectivity index (χ1n) is 5.94. The molecular formula is C14H8N4O2S. The van der Waals surface area contributed by atoms with Gasteiger partial charge in [-0.05, 0) is 35.7 Å². The van der Waals surface area contributed by atoms with Crippen LogP contribution in [0.25, 0.3) is 16.3 Å². The molecule has 0 atom stereocenters. The normalized spacial score (nSPS) is 10.2. The SMILES string of the molecule is N#Cc1nnn(-c2ccc(C(=O)O)cc2)c1-c1cccs1. The Morgan fingerprint density at radius 3 is 2.62 bits per heavy atom. The summed E-state index contributed by atoms with van der Waals surface area (Å²) in [5.74, 6) is -0.990. The Bertz CT molecular complexity index is 829. The largest absolute Gasteiger partial charge is 0.478 e. The fraction of sp³-hybridized carbons (Fsp3) is 0. The van der Waals surface area contributed by atoms with E-state index in [1.807, 2.05) is 23.6 Å². The predicted octanol–water partition coefficient (Wildman–Crippen LogP) is 2.57. The number of carboxylic acids is 1. The van der Waals surface area contributed by atoms with Crippen molar-refractivity contribution in [2.75, 3.05) is 0 Å². The maximum Gasteiger partial charge on any atom is 0.335 e. The number of hydrogen-bond donors (Lipinski definition) is 1. The zero-order valence-electron chi connectivity index (χ0n) is 10.6. The molecule has 21 heavy (non-hydrogen) atoms. The summed E-state index contributed by atoms with van der Waals surface area (Å²) in [6.07, 6.45) is 0. The van der Waals surface area contributed by atoms with Crippen LogP contribution in [-0.2, 0) is 0 Å². The first-order chi connectivity index (χ1) is 10.2. The van der Waals surface area contributed by atoms with E-state index in [0.29, 0.717) is 11.4 Å². The van der Waals surface area contributed by atoms with E-state index in [4.69, 9.17) is 10.4 Å². The van der Waals surface area contributed by atoms with Gasteiger partial charge in [-0.25, -0.2) is 9.48 Å². The van der Waals surface area contributed by atoms with Crippen molar-refractivity contribution in [3.8, 4) is 22.3 Å². The predicted molar refractivity (Wildman–Crippen MR) is 76.3 cm³/mol. The van der Waals surface area contributed by atoms with Gasteiger partial charge in [-0.15, -0.1) is 16.4 Å². The Morgan fingerprint density at radius 1 is 1.29 bits per heavy atom. The molecule has 0 spiro atoms. The Kier molecular flexibility index (Phi) is 3.22. The van der Waals surface area contributed by atoms with Crippen molar-refractivity contribution in [1.82, 2.24) is 15.0 Å². The summed E-state index contributed by atoms with van der Waals surface area (Å²) in [5, 5.41) is 27.8. The molecule has 3 rings (SSSR count). The van der Waals surface area contributed by atoms with Gasteiger partial charge in [0, 0.05) is 0 Å². The quantitative estimate of drug-likeness (QED) is 0.802. The molecule has 2 aromatic heterocycles. The molecule has 0 radical (unpaired) electrons. The molecule has 0 saturated heterocycles. The van der Waals surface area contributed by atoms with Crippen LogP contribution < -0.4 is 0 Å². The highest BCUT2D eigenvalue weighted by Crippen LogP contribution is 2.28. The lowest BCUT2D eigenvalue weighted by atomic mass is 10.2. The Hall–Kier alpha value is -2.98. The molecule has 6 nitrogen and oxygen atoms in total. The van der Waals surface area contributed by atoms with Gasteiger partial charge in [0.2, 0.25) is 0 Å². The van der Waals surface area contributed by atoms with E-state index in [0.717, 1.165) is 4.88 Å². The van der Waals surface area contributed by atoms with Crippen LogP contribution in [0.1, 0.15) is 16.1 Å². The fourth-order valence-electron chi connectivity index (χ4n) is 1.92. The molecule has 1 N–H and O–H groups in total. The van der Waals surface area contributed by atoms with Crippen molar-refractivity contribution >= 4 is 17.3 Å². The lowest BCUT2D eigenvalue weighted by molar-refractivity contribution is 0.0697. The maximum atomic E-state index is 10.9. The molecule has 0 aliphatic rings. The molecule has 3 aromatic rings. The van der Waals surface area contributed by atoms with Crippen LogP contribution in [-0.4, -0.2) is 26.1 Å². The van der Waals surface area contributed by atoms with Crippen LogP contribution in [0, 0.1) is 11.3 Å². The van der Waals surface area contributed by atoms with Crippen LogP contribution >= 0.6 is 11.3 Å². The van der Waals surface area contributed by atoms with Crippen molar-refractivity contribution in [3.05, 3.63) is 53.0 Å². The Labute approximate surface area is 123 Å². The summed E-state index contributed by atoms with van der Waals surface area (Å²) < 4.78 is 1.54. The molecule has 0 aliphatic heterocycles. The smallest absolute Gasteiger partial charge is 0.335 e. The second kappa shape index (κ2) is 5.19. The van der Waals surface area contributed by atoms with E-state index in [9.17, 15) is 4.79 Å². The summed E-state index contributed by atoms with van der Waals surface area (Å²) in [6.45, 7) is 0. The zero-order chi connectivity index (χ0) is 14.8. The molecule has 0 unspecified atom stereocenters. The Balaban J connectivity index is 2.13. The minimum Gasteiger partial charge on any atom is -0.478 e. The van der Waals surface area contributed by atoms with Crippen LogP contribution in [0.3, 0.4) is 0 Å². The number of aromatic carboxylic acids is 1. The van der Waals surface area contributed by atoms with Gasteiger partial charge in [0.05, 0.1) is 16.1 Å². The number of carbonyl (C=O) groups is 1. The van der Waals surface area contributed by atoms with Crippen LogP contribution in [0.5, 0.6) is 0 Å². The minimum absolute atomic E-state index is 0.192. The van der Waals surface area contributed by atoms with Gasteiger partial charge in [0.15, 0.2) is 5.69 Å². The molecule has 0 amide bonds. The molecule has 0 saturated carbocycles. The van der Waals surface area contributed by atoms with Gasteiger partial charge in [0.25, 0.3) is 0 Å². The van der Waals surface area contributed by atoms with Crippen molar-refractivity contribution in [2.24, 2.45) is 0 Å². The number of benzene rings is 1. The minimum atomic E-state index is -0.990. The van der Waals surface area contributed by atoms with Crippen LogP contribution in [0.2, 0.25) is 0 Å². The average molecular weight is 296 g/mol. The second-order valence-corrected chi connectivity index (χ2v) is 5.09. The number of aromatic nitrogens is 3. The van der Waals surface area contributed by atoms with Crippen molar-refractivity contribution < 1.29 is 9.90 Å². The summed E-state index contributed by atoms with van der Waals surface area (Å²) >= 11 is 1.48. The second-order valence-electron chi connectivity index (χ2n) is 4.14. The highest BCUT2D eigenvalue weighted by atomic mass is 32.1. The Morgan fingerprint density at radius 2 is 2.05 bits per heavy atom. The topological polar surface area (TPSA) is 91.8 Å². The molecule has 0 fully saturated rings. The van der Waals surface area contributed by atoms with E-state index in [1.165, 1.54) is 28.2 Å².